The van der Waals surface area contributed by atoms with Crippen LogP contribution in [0.2, 0.25) is 0 Å². The highest BCUT2D eigenvalue weighted by Gasteiger charge is 2.16. The van der Waals surface area contributed by atoms with Crippen LogP contribution in [0.25, 0.3) is 0 Å². The first-order valence-corrected chi connectivity index (χ1v) is 6.46. The predicted octanol–water partition coefficient (Wildman–Crippen LogP) is 3.63. The highest BCUT2D eigenvalue weighted by Crippen LogP contribution is 2.29. The van der Waals surface area contributed by atoms with Crippen LogP contribution < -0.4 is 9.47 Å². The average molecular weight is 273 g/mol. The van der Waals surface area contributed by atoms with Crippen LogP contribution in [0.1, 0.15) is 25.8 Å². The van der Waals surface area contributed by atoms with E-state index in [1.54, 1.807) is 14.2 Å². The van der Waals surface area contributed by atoms with Crippen molar-refractivity contribution >= 4 is 11.6 Å². The van der Waals surface area contributed by atoms with Crippen molar-refractivity contribution in [1.82, 2.24) is 0 Å². The summed E-state index contributed by atoms with van der Waals surface area (Å²) in [5.41, 5.74) is 0.835. The molecule has 0 unspecified atom stereocenters. The molecule has 0 N–H and O–H groups in total. The van der Waals surface area contributed by atoms with Crippen LogP contribution >= 0.6 is 11.6 Å². The molecular weight excluding hydrogens is 252 g/mol. The summed E-state index contributed by atoms with van der Waals surface area (Å²) in [6.45, 7) is 4.64. The molecule has 0 aliphatic carbocycles. The zero-order valence-electron chi connectivity index (χ0n) is 11.5. The van der Waals surface area contributed by atoms with Crippen LogP contribution in [0, 0.1) is 0 Å². The summed E-state index contributed by atoms with van der Waals surface area (Å²) in [6.07, 6.45) is 0.809. The molecule has 3 nitrogen and oxygen atoms in total. The van der Waals surface area contributed by atoms with E-state index in [9.17, 15) is 0 Å². The Hall–Kier alpha value is -0.930. The van der Waals surface area contributed by atoms with Gasteiger partial charge in [-0.15, -0.1) is 11.6 Å². The summed E-state index contributed by atoms with van der Waals surface area (Å²) in [5, 5.41) is 0. The second-order valence-corrected chi connectivity index (χ2v) is 4.95. The molecule has 0 amide bonds. The van der Waals surface area contributed by atoms with Crippen molar-refractivity contribution in [2.45, 2.75) is 31.7 Å². The molecule has 4 heteroatoms. The zero-order valence-corrected chi connectivity index (χ0v) is 12.2. The van der Waals surface area contributed by atoms with E-state index in [-0.39, 0.29) is 5.60 Å². The van der Waals surface area contributed by atoms with Gasteiger partial charge in [0.15, 0.2) is 11.5 Å². The number of benzene rings is 1. The van der Waals surface area contributed by atoms with Crippen LogP contribution in [0.5, 0.6) is 11.5 Å². The third-order valence-corrected chi connectivity index (χ3v) is 3.21. The molecule has 0 aromatic heterocycles. The molecule has 1 aromatic carbocycles. The van der Waals surface area contributed by atoms with Crippen molar-refractivity contribution in [3.63, 3.8) is 0 Å². The summed E-state index contributed by atoms with van der Waals surface area (Å²) in [7, 11) is 3.33. The fourth-order valence-corrected chi connectivity index (χ4v) is 1.59. The number of hydrogen-bond acceptors (Lipinski definition) is 3. The molecule has 0 saturated heterocycles. The number of halogens is 1. The van der Waals surface area contributed by atoms with Crippen LogP contribution in [0.15, 0.2) is 18.2 Å². The first-order chi connectivity index (χ1) is 8.52. The van der Waals surface area contributed by atoms with Gasteiger partial charge in [0.05, 0.1) is 19.3 Å². The Kier molecular flexibility index (Phi) is 5.76. The fraction of sp³-hybridized carbons (Fsp3) is 0.571. The van der Waals surface area contributed by atoms with Crippen molar-refractivity contribution in [3.05, 3.63) is 23.8 Å². The molecular formula is C14H21ClO3. The SMILES string of the molecule is COc1cc(CCl)ccc1OCCC(C)(C)OC. The van der Waals surface area contributed by atoms with Gasteiger partial charge in [0.25, 0.3) is 0 Å². The molecule has 0 atom stereocenters. The van der Waals surface area contributed by atoms with Gasteiger partial charge in [-0.1, -0.05) is 6.07 Å². The topological polar surface area (TPSA) is 27.7 Å². The quantitative estimate of drug-likeness (QED) is 0.710. The Morgan fingerprint density at radius 3 is 2.44 bits per heavy atom. The number of ether oxygens (including phenoxy) is 3. The third-order valence-electron chi connectivity index (χ3n) is 2.90. The lowest BCUT2D eigenvalue weighted by Crippen LogP contribution is -2.25. The Labute approximate surface area is 114 Å². The minimum Gasteiger partial charge on any atom is -0.493 e. The van der Waals surface area contributed by atoms with Gasteiger partial charge < -0.3 is 14.2 Å². The van der Waals surface area contributed by atoms with E-state index in [4.69, 9.17) is 25.8 Å². The van der Waals surface area contributed by atoms with E-state index in [0.29, 0.717) is 18.2 Å². The van der Waals surface area contributed by atoms with Crippen LogP contribution in [0.3, 0.4) is 0 Å². The molecule has 1 rings (SSSR count). The summed E-state index contributed by atoms with van der Waals surface area (Å²) in [4.78, 5) is 0. The minimum atomic E-state index is -0.177. The second-order valence-electron chi connectivity index (χ2n) is 4.68. The Morgan fingerprint density at radius 2 is 1.89 bits per heavy atom. The Balaban J connectivity index is 2.62. The maximum Gasteiger partial charge on any atom is 0.161 e. The van der Waals surface area contributed by atoms with Crippen molar-refractivity contribution in [2.75, 3.05) is 20.8 Å². The molecule has 0 radical (unpaired) electrons. The molecule has 0 bridgehead atoms. The van der Waals surface area contributed by atoms with Crippen LogP contribution in [-0.2, 0) is 10.6 Å². The molecule has 0 saturated carbocycles. The Morgan fingerprint density at radius 1 is 1.17 bits per heavy atom. The number of alkyl halides is 1. The van der Waals surface area contributed by atoms with E-state index < -0.39 is 0 Å². The van der Waals surface area contributed by atoms with Crippen molar-refractivity contribution in [3.8, 4) is 11.5 Å². The van der Waals surface area contributed by atoms with Gasteiger partial charge in [-0.3, -0.25) is 0 Å². The number of rotatable bonds is 7. The first kappa shape index (κ1) is 15.1. The van der Waals surface area contributed by atoms with Gasteiger partial charge in [-0.25, -0.2) is 0 Å². The molecule has 0 heterocycles. The van der Waals surface area contributed by atoms with Gasteiger partial charge in [-0.05, 0) is 31.5 Å². The molecule has 0 fully saturated rings. The van der Waals surface area contributed by atoms with Gasteiger partial charge >= 0.3 is 0 Å². The van der Waals surface area contributed by atoms with Crippen LogP contribution in [-0.4, -0.2) is 26.4 Å². The lowest BCUT2D eigenvalue weighted by molar-refractivity contribution is 0.00525. The minimum absolute atomic E-state index is 0.177. The van der Waals surface area contributed by atoms with Gasteiger partial charge in [0.1, 0.15) is 0 Å². The monoisotopic (exact) mass is 272 g/mol. The number of methoxy groups -OCH3 is 2. The highest BCUT2D eigenvalue weighted by molar-refractivity contribution is 6.17. The summed E-state index contributed by atoms with van der Waals surface area (Å²) in [6, 6.07) is 5.71. The van der Waals surface area contributed by atoms with E-state index in [1.165, 1.54) is 0 Å². The molecule has 1 aromatic rings. The van der Waals surface area contributed by atoms with E-state index in [0.717, 1.165) is 17.7 Å². The largest absolute Gasteiger partial charge is 0.493 e. The lowest BCUT2D eigenvalue weighted by atomic mass is 10.1. The van der Waals surface area contributed by atoms with E-state index in [2.05, 4.69) is 0 Å². The molecule has 0 spiro atoms. The fourth-order valence-electron chi connectivity index (χ4n) is 1.42. The molecule has 18 heavy (non-hydrogen) atoms. The van der Waals surface area contributed by atoms with Gasteiger partial charge in [0, 0.05) is 19.4 Å². The normalized spacial score (nSPS) is 11.4. The summed E-state index contributed by atoms with van der Waals surface area (Å²) >= 11 is 5.78. The predicted molar refractivity (Wildman–Crippen MR) is 73.8 cm³/mol. The first-order valence-electron chi connectivity index (χ1n) is 5.93. The smallest absolute Gasteiger partial charge is 0.161 e. The van der Waals surface area contributed by atoms with Crippen molar-refractivity contribution in [1.29, 1.82) is 0 Å². The molecule has 0 aliphatic rings. The Bertz CT molecular complexity index is 377. The van der Waals surface area contributed by atoms with Gasteiger partial charge in [0.2, 0.25) is 0 Å². The van der Waals surface area contributed by atoms with Crippen LogP contribution in [0.4, 0.5) is 0 Å². The maximum atomic E-state index is 5.78. The summed E-state index contributed by atoms with van der Waals surface area (Å²) in [5.74, 6) is 1.91. The molecule has 102 valence electrons. The van der Waals surface area contributed by atoms with E-state index >= 15 is 0 Å². The number of hydrogen-bond donors (Lipinski definition) is 0. The molecule has 0 aliphatic heterocycles. The van der Waals surface area contributed by atoms with Gasteiger partial charge in [-0.2, -0.15) is 0 Å². The zero-order chi connectivity index (χ0) is 13.6. The standard InChI is InChI=1S/C14H21ClO3/c1-14(2,17-4)7-8-18-12-6-5-11(10-15)9-13(12)16-3/h5-6,9H,7-8,10H2,1-4H3. The second kappa shape index (κ2) is 6.86. The summed E-state index contributed by atoms with van der Waals surface area (Å²) < 4.78 is 16.3. The lowest BCUT2D eigenvalue weighted by Gasteiger charge is -2.23. The average Bonchev–Trinajstić information content (AvgIpc) is 2.38. The highest BCUT2D eigenvalue weighted by atomic mass is 35.5. The third kappa shape index (κ3) is 4.39. The van der Waals surface area contributed by atoms with E-state index in [1.807, 2.05) is 32.0 Å². The van der Waals surface area contributed by atoms with Crippen molar-refractivity contribution in [2.24, 2.45) is 0 Å². The maximum absolute atomic E-state index is 5.78. The van der Waals surface area contributed by atoms with Crippen molar-refractivity contribution < 1.29 is 14.2 Å².